The van der Waals surface area contributed by atoms with Crippen molar-refractivity contribution in [3.05, 3.63) is 35.2 Å². The monoisotopic (exact) mass is 346 g/mol. The predicted molar refractivity (Wildman–Crippen MR) is 95.4 cm³/mol. The molecule has 0 bridgehead atoms. The Morgan fingerprint density at radius 2 is 1.92 bits per heavy atom. The molecule has 0 aliphatic carbocycles. The van der Waals surface area contributed by atoms with Crippen LogP contribution in [-0.4, -0.2) is 24.1 Å². The molecule has 0 aliphatic heterocycles. The molecule has 128 valence electrons. The van der Waals surface area contributed by atoms with Crippen molar-refractivity contribution >= 4 is 39.0 Å². The van der Waals surface area contributed by atoms with Crippen LogP contribution < -0.4 is 0 Å². The molecule has 0 N–H and O–H groups in total. The lowest BCUT2D eigenvalue weighted by atomic mass is 9.92. The molecule has 1 unspecified atom stereocenters. The zero-order valence-corrected chi connectivity index (χ0v) is 14.9. The third kappa shape index (κ3) is 4.74. The largest absolute Gasteiger partial charge is 0.466 e. The van der Waals surface area contributed by atoms with E-state index in [4.69, 9.17) is 4.74 Å². The number of benzene rings is 1. The lowest BCUT2D eigenvalue weighted by molar-refractivity contribution is -0.143. The van der Waals surface area contributed by atoms with E-state index in [-0.39, 0.29) is 17.5 Å². The number of hydrogen-bond donors (Lipinski definition) is 0. The molecule has 0 saturated heterocycles. The molecule has 1 heterocycles. The molecule has 0 fully saturated rings. The number of ketones is 2. The second-order valence-electron chi connectivity index (χ2n) is 5.73. The maximum atomic E-state index is 12.7. The Kier molecular flexibility index (Phi) is 6.67. The number of ether oxygens (including phenoxy) is 1. The first-order valence-corrected chi connectivity index (χ1v) is 9.03. The number of fused-ring (bicyclic) bond motifs is 1. The zero-order valence-electron chi connectivity index (χ0n) is 14.0. The zero-order chi connectivity index (χ0) is 17.5. The van der Waals surface area contributed by atoms with Crippen LogP contribution in [-0.2, 0) is 14.3 Å². The van der Waals surface area contributed by atoms with Crippen molar-refractivity contribution in [3.8, 4) is 0 Å². The molecular formula is C19H22O4S. The number of carbonyl (C=O) groups excluding carboxylic acids is 3. The highest BCUT2D eigenvalue weighted by atomic mass is 32.1. The molecule has 0 saturated carbocycles. The molecule has 0 amide bonds. The summed E-state index contributed by atoms with van der Waals surface area (Å²) in [5.41, 5.74) is 0. The number of rotatable bonds is 9. The lowest BCUT2D eigenvalue weighted by Crippen LogP contribution is -2.21. The summed E-state index contributed by atoms with van der Waals surface area (Å²) >= 11 is 1.43. The van der Waals surface area contributed by atoms with Gasteiger partial charge in [-0.15, -0.1) is 11.3 Å². The average Bonchev–Trinajstić information content (AvgIpc) is 2.98. The Morgan fingerprint density at radius 3 is 2.58 bits per heavy atom. The van der Waals surface area contributed by atoms with Crippen LogP contribution in [0.2, 0.25) is 0 Å². The number of unbranched alkanes of at least 4 members (excludes halogenated alkanes) is 1. The summed E-state index contributed by atoms with van der Waals surface area (Å²) in [7, 11) is 0. The van der Waals surface area contributed by atoms with Gasteiger partial charge in [-0.2, -0.15) is 0 Å². The molecule has 1 aromatic heterocycles. The fourth-order valence-electron chi connectivity index (χ4n) is 2.64. The van der Waals surface area contributed by atoms with E-state index in [0.29, 0.717) is 37.2 Å². The van der Waals surface area contributed by atoms with Crippen LogP contribution in [0.5, 0.6) is 0 Å². The van der Waals surface area contributed by atoms with Gasteiger partial charge in [-0.05, 0) is 44.2 Å². The van der Waals surface area contributed by atoms with Crippen LogP contribution in [0.3, 0.4) is 0 Å². The molecule has 2 rings (SSSR count). The van der Waals surface area contributed by atoms with Gasteiger partial charge in [-0.3, -0.25) is 14.4 Å². The summed E-state index contributed by atoms with van der Waals surface area (Å²) in [5.74, 6) is -1.08. The summed E-state index contributed by atoms with van der Waals surface area (Å²) < 4.78 is 5.92. The van der Waals surface area contributed by atoms with E-state index >= 15 is 0 Å². The standard InChI is InChI=1S/C19H22O4S/c1-3-23-18(21)11-7-5-9-15(13(2)20)19(22)17-12-14-8-4-6-10-16(14)24-17/h4,6,8,10,12,15H,3,5,7,9,11H2,1-2H3. The fourth-order valence-corrected chi connectivity index (χ4v) is 3.70. The Balaban J connectivity index is 1.97. The van der Waals surface area contributed by atoms with Crippen molar-refractivity contribution < 1.29 is 19.1 Å². The molecule has 5 heteroatoms. The summed E-state index contributed by atoms with van der Waals surface area (Å²) in [6.07, 6.45) is 2.08. The molecular weight excluding hydrogens is 324 g/mol. The molecule has 0 aliphatic rings. The molecule has 0 radical (unpaired) electrons. The van der Waals surface area contributed by atoms with Gasteiger partial charge >= 0.3 is 5.97 Å². The first-order chi connectivity index (χ1) is 11.5. The van der Waals surface area contributed by atoms with Gasteiger partial charge < -0.3 is 4.74 Å². The van der Waals surface area contributed by atoms with Gasteiger partial charge in [-0.1, -0.05) is 24.6 Å². The molecule has 0 spiro atoms. The third-order valence-electron chi connectivity index (χ3n) is 3.90. The Morgan fingerprint density at radius 1 is 1.17 bits per heavy atom. The minimum atomic E-state index is -0.625. The highest BCUT2D eigenvalue weighted by Gasteiger charge is 2.25. The van der Waals surface area contributed by atoms with Gasteiger partial charge in [-0.25, -0.2) is 0 Å². The molecule has 4 nitrogen and oxygen atoms in total. The van der Waals surface area contributed by atoms with E-state index in [9.17, 15) is 14.4 Å². The number of hydrogen-bond acceptors (Lipinski definition) is 5. The second-order valence-corrected chi connectivity index (χ2v) is 6.81. The maximum absolute atomic E-state index is 12.7. The van der Waals surface area contributed by atoms with Gasteiger partial charge in [0.25, 0.3) is 0 Å². The van der Waals surface area contributed by atoms with E-state index in [1.807, 2.05) is 30.3 Å². The average molecular weight is 346 g/mol. The quantitative estimate of drug-likeness (QED) is 0.292. The van der Waals surface area contributed by atoms with Crippen molar-refractivity contribution in [3.63, 3.8) is 0 Å². The van der Waals surface area contributed by atoms with Crippen LogP contribution in [0.4, 0.5) is 0 Å². The highest BCUT2D eigenvalue weighted by molar-refractivity contribution is 7.20. The van der Waals surface area contributed by atoms with Gasteiger partial charge in [0.05, 0.1) is 17.4 Å². The summed E-state index contributed by atoms with van der Waals surface area (Å²) in [5, 5.41) is 1.02. The normalized spacial score (nSPS) is 12.1. The van der Waals surface area contributed by atoms with Crippen molar-refractivity contribution in [1.82, 2.24) is 0 Å². The summed E-state index contributed by atoms with van der Waals surface area (Å²) in [6, 6.07) is 9.66. The second kappa shape index (κ2) is 8.73. The van der Waals surface area contributed by atoms with E-state index in [2.05, 4.69) is 0 Å². The minimum Gasteiger partial charge on any atom is -0.466 e. The SMILES string of the molecule is CCOC(=O)CCCCC(C(C)=O)C(=O)c1cc2ccccc2s1. The fraction of sp³-hybridized carbons (Fsp3) is 0.421. The first-order valence-electron chi connectivity index (χ1n) is 8.21. The van der Waals surface area contributed by atoms with Gasteiger partial charge in [0, 0.05) is 11.1 Å². The number of Topliss-reactive ketones (excluding diaryl/α,β-unsaturated/α-hetero) is 2. The molecule has 24 heavy (non-hydrogen) atoms. The van der Waals surface area contributed by atoms with Gasteiger partial charge in [0.1, 0.15) is 5.78 Å². The van der Waals surface area contributed by atoms with Crippen LogP contribution in [0.15, 0.2) is 30.3 Å². The summed E-state index contributed by atoms with van der Waals surface area (Å²) in [4.78, 5) is 36.5. The van der Waals surface area contributed by atoms with E-state index < -0.39 is 5.92 Å². The Hall–Kier alpha value is -2.01. The minimum absolute atomic E-state index is 0.111. The van der Waals surface area contributed by atoms with E-state index in [0.717, 1.165) is 10.1 Å². The van der Waals surface area contributed by atoms with Crippen LogP contribution >= 0.6 is 11.3 Å². The van der Waals surface area contributed by atoms with Crippen molar-refractivity contribution in [1.29, 1.82) is 0 Å². The molecule has 1 aromatic carbocycles. The smallest absolute Gasteiger partial charge is 0.305 e. The molecule has 1 atom stereocenters. The van der Waals surface area contributed by atoms with E-state index in [1.165, 1.54) is 18.3 Å². The predicted octanol–water partition coefficient (Wildman–Crippen LogP) is 4.41. The topological polar surface area (TPSA) is 60.4 Å². The third-order valence-corrected chi connectivity index (χ3v) is 5.04. The maximum Gasteiger partial charge on any atom is 0.305 e. The van der Waals surface area contributed by atoms with Crippen molar-refractivity contribution in [2.24, 2.45) is 5.92 Å². The highest BCUT2D eigenvalue weighted by Crippen LogP contribution is 2.28. The first kappa shape index (κ1) is 18.3. The number of thiophene rings is 1. The lowest BCUT2D eigenvalue weighted by Gasteiger charge is -2.11. The molecule has 2 aromatic rings. The van der Waals surface area contributed by atoms with Crippen molar-refractivity contribution in [2.45, 2.75) is 39.5 Å². The Bertz CT molecular complexity index is 699. The van der Waals surface area contributed by atoms with Gasteiger partial charge in [0.2, 0.25) is 0 Å². The summed E-state index contributed by atoms with van der Waals surface area (Å²) in [6.45, 7) is 3.61. The van der Waals surface area contributed by atoms with Crippen LogP contribution in [0.25, 0.3) is 10.1 Å². The number of esters is 1. The Labute approximate surface area is 145 Å². The van der Waals surface area contributed by atoms with Crippen LogP contribution in [0, 0.1) is 5.92 Å². The van der Waals surface area contributed by atoms with Crippen molar-refractivity contribution in [2.75, 3.05) is 6.61 Å². The van der Waals surface area contributed by atoms with E-state index in [1.54, 1.807) is 6.92 Å². The van der Waals surface area contributed by atoms with Gasteiger partial charge in [0.15, 0.2) is 5.78 Å². The number of carbonyl (C=O) groups is 3. The van der Waals surface area contributed by atoms with Crippen LogP contribution in [0.1, 0.15) is 49.2 Å².